The van der Waals surface area contributed by atoms with Crippen molar-refractivity contribution in [3.8, 4) is 11.3 Å². The number of piperazine rings is 1. The molecule has 48 heavy (non-hydrogen) atoms. The molecule has 2 saturated heterocycles. The first-order valence-electron chi connectivity index (χ1n) is 17.3. The van der Waals surface area contributed by atoms with Crippen LogP contribution in [0.2, 0.25) is 0 Å². The number of aromatic nitrogens is 3. The summed E-state index contributed by atoms with van der Waals surface area (Å²) in [5, 5.41) is 3.22. The standard InChI is InChI=1S/C37H42FN7O3/c1-3-29-30(19-25(38)20-33(29)45-17-16-44-32-7-5-4-6-24(32)18-34(44)36(45)46)31-21-41(2)37(47)35(40-31)39-26-8-10-27(11-9-26)42-12-14-43(15-13-42)28-22-48-23-28/h8-11,18-21,28H,3-7,12-17,22-23H2,1-2H3,(H,39,40). The van der Waals surface area contributed by atoms with Crippen LogP contribution in [0.15, 0.2) is 53.5 Å². The summed E-state index contributed by atoms with van der Waals surface area (Å²) >= 11 is 0. The average molecular weight is 652 g/mol. The Balaban J connectivity index is 1.06. The van der Waals surface area contributed by atoms with Gasteiger partial charge < -0.3 is 29.0 Å². The lowest BCUT2D eigenvalue weighted by atomic mass is 9.98. The van der Waals surface area contributed by atoms with Crippen LogP contribution >= 0.6 is 0 Å². The van der Waals surface area contributed by atoms with Crippen LogP contribution in [0.1, 0.15) is 47.1 Å². The number of carbonyl (C=O) groups is 1. The van der Waals surface area contributed by atoms with E-state index in [9.17, 15) is 9.59 Å². The predicted molar refractivity (Wildman–Crippen MR) is 185 cm³/mol. The van der Waals surface area contributed by atoms with E-state index in [1.165, 1.54) is 28.0 Å². The Hall–Kier alpha value is -4.48. The summed E-state index contributed by atoms with van der Waals surface area (Å²) in [4.78, 5) is 38.5. The van der Waals surface area contributed by atoms with Gasteiger partial charge in [0.05, 0.1) is 30.6 Å². The molecular weight excluding hydrogens is 609 g/mol. The number of hydrogen-bond acceptors (Lipinski definition) is 7. The summed E-state index contributed by atoms with van der Waals surface area (Å²) < 4.78 is 24.4. The van der Waals surface area contributed by atoms with Crippen LogP contribution in [0.5, 0.6) is 0 Å². The van der Waals surface area contributed by atoms with Crippen molar-refractivity contribution < 1.29 is 13.9 Å². The van der Waals surface area contributed by atoms with Crippen LogP contribution < -0.4 is 20.7 Å². The summed E-state index contributed by atoms with van der Waals surface area (Å²) in [6, 6.07) is 13.6. The first kappa shape index (κ1) is 30.8. The molecule has 0 radical (unpaired) electrons. The van der Waals surface area contributed by atoms with E-state index in [0.29, 0.717) is 48.2 Å². The van der Waals surface area contributed by atoms with Gasteiger partial charge in [-0.3, -0.25) is 14.5 Å². The molecule has 2 fully saturated rings. The Morgan fingerprint density at radius 2 is 1.73 bits per heavy atom. The number of hydrogen-bond donors (Lipinski definition) is 1. The quantitative estimate of drug-likeness (QED) is 0.309. The Bertz CT molecular complexity index is 1920. The fourth-order valence-electron chi connectivity index (χ4n) is 7.82. The van der Waals surface area contributed by atoms with Crippen molar-refractivity contribution in [3.63, 3.8) is 0 Å². The van der Waals surface area contributed by atoms with Gasteiger partial charge in [-0.05, 0) is 85.7 Å². The van der Waals surface area contributed by atoms with Gasteiger partial charge in [0.15, 0.2) is 5.82 Å². The number of carbonyl (C=O) groups excluding carboxylic acids is 1. The molecule has 2 aromatic carbocycles. The number of fused-ring (bicyclic) bond motifs is 3. The van der Waals surface area contributed by atoms with Gasteiger partial charge in [-0.15, -0.1) is 0 Å². The Kier molecular flexibility index (Phi) is 8.04. The molecule has 1 aliphatic carbocycles. The topological polar surface area (TPSA) is 87.9 Å². The van der Waals surface area contributed by atoms with Gasteiger partial charge in [0.1, 0.15) is 11.5 Å². The highest BCUT2D eigenvalue weighted by Crippen LogP contribution is 2.36. The molecule has 11 heteroatoms. The zero-order valence-corrected chi connectivity index (χ0v) is 27.7. The maximum Gasteiger partial charge on any atom is 0.293 e. The fraction of sp³-hybridized carbons (Fsp3) is 0.432. The van der Waals surface area contributed by atoms with E-state index in [0.717, 1.165) is 82.0 Å². The molecule has 3 aliphatic heterocycles. The second-order valence-corrected chi connectivity index (χ2v) is 13.4. The monoisotopic (exact) mass is 651 g/mol. The average Bonchev–Trinajstić information content (AvgIpc) is 3.46. The smallest absolute Gasteiger partial charge is 0.293 e. The van der Waals surface area contributed by atoms with Crippen LogP contribution in [0.4, 0.5) is 27.3 Å². The van der Waals surface area contributed by atoms with Crippen molar-refractivity contribution >= 4 is 28.8 Å². The summed E-state index contributed by atoms with van der Waals surface area (Å²) in [7, 11) is 1.67. The van der Waals surface area contributed by atoms with Crippen LogP contribution in [-0.2, 0) is 37.6 Å². The lowest BCUT2D eigenvalue weighted by molar-refractivity contribution is -0.0660. The lowest BCUT2D eigenvalue weighted by Crippen LogP contribution is -2.56. The molecule has 4 aliphatic rings. The van der Waals surface area contributed by atoms with Crippen LogP contribution in [-0.4, -0.2) is 76.9 Å². The molecule has 4 aromatic rings. The summed E-state index contributed by atoms with van der Waals surface area (Å²) in [6.45, 7) is 8.78. The zero-order valence-electron chi connectivity index (χ0n) is 27.7. The van der Waals surface area contributed by atoms with E-state index in [1.807, 2.05) is 25.1 Å². The van der Waals surface area contributed by atoms with E-state index in [2.05, 4.69) is 31.8 Å². The molecule has 0 spiro atoms. The molecule has 0 bridgehead atoms. The molecular formula is C37H42FN7O3. The fourth-order valence-corrected chi connectivity index (χ4v) is 7.82. The summed E-state index contributed by atoms with van der Waals surface area (Å²) in [6.07, 6.45) is 6.49. The van der Waals surface area contributed by atoms with Gasteiger partial charge in [-0.25, -0.2) is 9.37 Å². The second-order valence-electron chi connectivity index (χ2n) is 13.4. The molecule has 2 aromatic heterocycles. The van der Waals surface area contributed by atoms with E-state index in [1.54, 1.807) is 18.1 Å². The number of nitrogens with one attached hydrogen (secondary N) is 1. The van der Waals surface area contributed by atoms with Crippen molar-refractivity contribution in [2.75, 3.05) is 61.1 Å². The number of amides is 1. The first-order chi connectivity index (χ1) is 23.4. The third-order valence-electron chi connectivity index (χ3n) is 10.5. The van der Waals surface area contributed by atoms with Crippen LogP contribution in [0.25, 0.3) is 11.3 Å². The molecule has 10 nitrogen and oxygen atoms in total. The van der Waals surface area contributed by atoms with E-state index in [-0.39, 0.29) is 17.3 Å². The van der Waals surface area contributed by atoms with Gasteiger partial charge in [0.25, 0.3) is 11.5 Å². The minimum Gasteiger partial charge on any atom is -0.378 e. The number of aryl methyl sites for hydroxylation is 2. The Morgan fingerprint density at radius 3 is 2.46 bits per heavy atom. The molecule has 0 unspecified atom stereocenters. The minimum atomic E-state index is -0.451. The number of anilines is 4. The molecule has 5 heterocycles. The highest BCUT2D eigenvalue weighted by atomic mass is 19.1. The number of ether oxygens (including phenoxy) is 1. The number of benzene rings is 2. The minimum absolute atomic E-state index is 0.101. The highest BCUT2D eigenvalue weighted by molar-refractivity contribution is 6.07. The van der Waals surface area contributed by atoms with Crippen molar-refractivity contribution in [1.29, 1.82) is 0 Å². The van der Waals surface area contributed by atoms with Crippen molar-refractivity contribution in [2.45, 2.75) is 51.6 Å². The first-order valence-corrected chi connectivity index (χ1v) is 17.3. The normalized spacial score (nSPS) is 18.4. The molecule has 0 saturated carbocycles. The Morgan fingerprint density at radius 1 is 0.958 bits per heavy atom. The van der Waals surface area contributed by atoms with E-state index in [4.69, 9.17) is 9.72 Å². The van der Waals surface area contributed by atoms with Crippen molar-refractivity contribution in [3.05, 3.63) is 87.3 Å². The van der Waals surface area contributed by atoms with E-state index < -0.39 is 5.82 Å². The van der Waals surface area contributed by atoms with Crippen LogP contribution in [0, 0.1) is 5.82 Å². The summed E-state index contributed by atoms with van der Waals surface area (Å²) in [5.74, 6) is -0.395. The summed E-state index contributed by atoms with van der Waals surface area (Å²) in [5.41, 5.74) is 7.24. The maximum atomic E-state index is 15.4. The van der Waals surface area contributed by atoms with Gasteiger partial charge in [-0.2, -0.15) is 0 Å². The van der Waals surface area contributed by atoms with Gasteiger partial charge in [-0.1, -0.05) is 6.92 Å². The number of nitrogens with zero attached hydrogens (tertiary/aromatic N) is 6. The van der Waals surface area contributed by atoms with Gasteiger partial charge >= 0.3 is 0 Å². The highest BCUT2D eigenvalue weighted by Gasteiger charge is 2.32. The SMILES string of the molecule is CCc1c(-c2cn(C)c(=O)c(Nc3ccc(N4CCN(C5COC5)CC4)cc3)n2)cc(F)cc1N1CCn2c(cc3c2CCCC3)C1=O. The third kappa shape index (κ3) is 5.48. The largest absolute Gasteiger partial charge is 0.378 e. The molecule has 1 N–H and O–H groups in total. The maximum absolute atomic E-state index is 15.4. The van der Waals surface area contributed by atoms with E-state index >= 15 is 4.39 Å². The number of rotatable bonds is 7. The van der Waals surface area contributed by atoms with Crippen molar-refractivity contribution in [2.24, 2.45) is 7.05 Å². The van der Waals surface area contributed by atoms with Crippen LogP contribution in [0.3, 0.4) is 0 Å². The molecule has 8 rings (SSSR count). The molecule has 1 amide bonds. The van der Waals surface area contributed by atoms with Crippen molar-refractivity contribution in [1.82, 2.24) is 19.0 Å². The number of halogens is 1. The van der Waals surface area contributed by atoms with Gasteiger partial charge in [0.2, 0.25) is 0 Å². The van der Waals surface area contributed by atoms with Gasteiger partial charge in [0, 0.05) is 75.1 Å². The molecule has 250 valence electrons. The predicted octanol–water partition coefficient (Wildman–Crippen LogP) is 4.75. The Labute approximate surface area is 279 Å². The molecule has 0 atom stereocenters. The lowest BCUT2D eigenvalue weighted by Gasteiger charge is -2.43. The third-order valence-corrected chi connectivity index (χ3v) is 10.5. The second kappa shape index (κ2) is 12.5. The zero-order chi connectivity index (χ0) is 32.9.